The Bertz CT molecular complexity index is 352. The van der Waals surface area contributed by atoms with Gasteiger partial charge in [0.25, 0.3) is 0 Å². The van der Waals surface area contributed by atoms with E-state index in [0.717, 1.165) is 12.1 Å². The number of hydrogen-bond acceptors (Lipinski definition) is 1. The third-order valence-electron chi connectivity index (χ3n) is 1.20. The fourth-order valence-electron chi connectivity index (χ4n) is 0.707. The largest absolute Gasteiger partial charge is 0.573 e. The first-order valence-electron chi connectivity index (χ1n) is 3.20. The summed E-state index contributed by atoms with van der Waals surface area (Å²) in [7, 11) is 0. The Hall–Kier alpha value is -0.240. The molecule has 0 bridgehead atoms. The molecule has 0 aliphatic heterocycles. The van der Waals surface area contributed by atoms with E-state index < -0.39 is 23.0 Å². The molecular weight excluding hydrogens is 338 g/mol. The summed E-state index contributed by atoms with van der Waals surface area (Å²) in [4.78, 5) is 0. The van der Waals surface area contributed by atoms with Crippen molar-refractivity contribution in [2.24, 2.45) is 0 Å². The summed E-state index contributed by atoms with van der Waals surface area (Å²) in [6, 6.07) is 1.65. The smallest absolute Gasteiger partial charge is 0.405 e. The van der Waals surface area contributed by atoms with Crippen molar-refractivity contribution in [3.63, 3.8) is 0 Å². The highest BCUT2D eigenvalue weighted by molar-refractivity contribution is 14.1. The van der Waals surface area contributed by atoms with Crippen molar-refractivity contribution in [1.82, 2.24) is 0 Å². The lowest BCUT2D eigenvalue weighted by atomic mass is 10.3. The predicted molar refractivity (Wildman–Crippen MR) is 50.8 cm³/mol. The minimum atomic E-state index is -4.80. The molecule has 1 aromatic carbocycles. The fraction of sp³-hybridized carbons (Fsp3) is 0.143. The van der Waals surface area contributed by atoms with E-state index in [1.165, 1.54) is 22.6 Å². The van der Waals surface area contributed by atoms with Crippen molar-refractivity contribution in [1.29, 1.82) is 0 Å². The van der Waals surface area contributed by atoms with Crippen LogP contribution >= 0.6 is 34.2 Å². The zero-order valence-electron chi connectivity index (χ0n) is 6.33. The lowest BCUT2D eigenvalue weighted by Gasteiger charge is -2.10. The van der Waals surface area contributed by atoms with Gasteiger partial charge < -0.3 is 4.74 Å². The highest BCUT2D eigenvalue weighted by Gasteiger charge is 2.32. The van der Waals surface area contributed by atoms with Crippen LogP contribution in [0.5, 0.6) is 5.75 Å². The number of ether oxygens (including phenoxy) is 1. The maximum atomic E-state index is 12.7. The Kier molecular flexibility index (Phi) is 3.46. The van der Waals surface area contributed by atoms with Gasteiger partial charge in [-0.25, -0.2) is 4.39 Å². The minimum Gasteiger partial charge on any atom is -0.405 e. The summed E-state index contributed by atoms with van der Waals surface area (Å²) in [6.07, 6.45) is -4.80. The molecule has 0 amide bonds. The van der Waals surface area contributed by atoms with Crippen LogP contribution in [0.25, 0.3) is 0 Å². The van der Waals surface area contributed by atoms with Crippen molar-refractivity contribution in [2.45, 2.75) is 6.36 Å². The Morgan fingerprint density at radius 1 is 1.29 bits per heavy atom. The molecule has 78 valence electrons. The van der Waals surface area contributed by atoms with E-state index >= 15 is 0 Å². The Morgan fingerprint density at radius 2 is 1.86 bits per heavy atom. The Labute approximate surface area is 95.1 Å². The first-order valence-corrected chi connectivity index (χ1v) is 4.65. The van der Waals surface area contributed by atoms with Gasteiger partial charge >= 0.3 is 6.36 Å². The lowest BCUT2D eigenvalue weighted by Crippen LogP contribution is -2.17. The van der Waals surface area contributed by atoms with Gasteiger partial charge in [0.15, 0.2) is 0 Å². The molecule has 1 aromatic rings. The second-order valence-corrected chi connectivity index (χ2v) is 3.81. The molecule has 0 heterocycles. The molecule has 0 saturated carbocycles. The molecular formula is C7H2ClF4IO. The first-order chi connectivity index (χ1) is 6.29. The van der Waals surface area contributed by atoms with Crippen molar-refractivity contribution < 1.29 is 22.3 Å². The van der Waals surface area contributed by atoms with Crippen LogP contribution in [0.2, 0.25) is 5.02 Å². The summed E-state index contributed by atoms with van der Waals surface area (Å²) in [5.74, 6) is -1.30. The van der Waals surface area contributed by atoms with Crippen LogP contribution in [-0.4, -0.2) is 6.36 Å². The van der Waals surface area contributed by atoms with E-state index in [2.05, 4.69) is 4.74 Å². The molecule has 14 heavy (non-hydrogen) atoms. The molecule has 1 nitrogen and oxygen atoms in total. The molecule has 0 spiro atoms. The highest BCUT2D eigenvalue weighted by Crippen LogP contribution is 2.31. The molecule has 0 unspecified atom stereocenters. The van der Waals surface area contributed by atoms with Gasteiger partial charge in [-0.3, -0.25) is 0 Å². The van der Waals surface area contributed by atoms with E-state index in [9.17, 15) is 17.6 Å². The molecule has 0 saturated heterocycles. The normalized spacial score (nSPS) is 11.6. The van der Waals surface area contributed by atoms with Crippen LogP contribution in [0, 0.1) is 9.39 Å². The van der Waals surface area contributed by atoms with E-state index in [4.69, 9.17) is 11.6 Å². The maximum absolute atomic E-state index is 12.7. The number of benzene rings is 1. The molecule has 0 fully saturated rings. The summed E-state index contributed by atoms with van der Waals surface area (Å²) in [5, 5.41) is -0.412. The summed E-state index contributed by atoms with van der Waals surface area (Å²) < 4.78 is 51.7. The van der Waals surface area contributed by atoms with Gasteiger partial charge in [0.2, 0.25) is 0 Å². The standard InChI is InChI=1S/C7H2ClF4IO/c8-3-1-6(14-7(10,11)12)5(13)2-4(3)9/h1-2H. The number of alkyl halides is 3. The van der Waals surface area contributed by atoms with Crippen LogP contribution in [0.4, 0.5) is 17.6 Å². The van der Waals surface area contributed by atoms with Gasteiger partial charge in [-0.2, -0.15) is 0 Å². The van der Waals surface area contributed by atoms with Crippen molar-refractivity contribution in [3.05, 3.63) is 26.5 Å². The molecule has 0 atom stereocenters. The van der Waals surface area contributed by atoms with E-state index in [1.807, 2.05) is 0 Å². The quantitative estimate of drug-likeness (QED) is 0.427. The van der Waals surface area contributed by atoms with Crippen LogP contribution in [-0.2, 0) is 0 Å². The van der Waals surface area contributed by atoms with Crippen LogP contribution in [0.3, 0.4) is 0 Å². The molecule has 0 aliphatic carbocycles. The zero-order valence-corrected chi connectivity index (χ0v) is 9.24. The van der Waals surface area contributed by atoms with E-state index in [-0.39, 0.29) is 3.57 Å². The van der Waals surface area contributed by atoms with E-state index in [1.54, 1.807) is 0 Å². The molecule has 7 heteroatoms. The van der Waals surface area contributed by atoms with Gasteiger partial charge in [0.1, 0.15) is 11.6 Å². The third-order valence-corrected chi connectivity index (χ3v) is 2.33. The van der Waals surface area contributed by atoms with Gasteiger partial charge in [0.05, 0.1) is 8.59 Å². The highest BCUT2D eigenvalue weighted by atomic mass is 127. The number of halogens is 6. The number of hydrogen-bond donors (Lipinski definition) is 0. The SMILES string of the molecule is Fc1cc(I)c(OC(F)(F)F)cc1Cl. The van der Waals surface area contributed by atoms with Crippen LogP contribution in [0.1, 0.15) is 0 Å². The number of rotatable bonds is 1. The van der Waals surface area contributed by atoms with Gasteiger partial charge in [-0.05, 0) is 28.7 Å². The molecule has 1 rings (SSSR count). The summed E-state index contributed by atoms with van der Waals surface area (Å²) in [6.45, 7) is 0. The topological polar surface area (TPSA) is 9.23 Å². The van der Waals surface area contributed by atoms with Crippen LogP contribution < -0.4 is 4.74 Å². The molecule has 0 N–H and O–H groups in total. The second-order valence-electron chi connectivity index (χ2n) is 2.24. The van der Waals surface area contributed by atoms with Gasteiger partial charge in [0, 0.05) is 6.07 Å². The predicted octanol–water partition coefficient (Wildman–Crippen LogP) is 3.98. The lowest BCUT2D eigenvalue weighted by molar-refractivity contribution is -0.275. The fourth-order valence-corrected chi connectivity index (χ4v) is 1.40. The molecule has 0 radical (unpaired) electrons. The van der Waals surface area contributed by atoms with Gasteiger partial charge in [-0.1, -0.05) is 11.6 Å². The van der Waals surface area contributed by atoms with E-state index in [0.29, 0.717) is 0 Å². The first kappa shape index (κ1) is 11.8. The van der Waals surface area contributed by atoms with Gasteiger partial charge in [-0.15, -0.1) is 13.2 Å². The average Bonchev–Trinajstić information content (AvgIpc) is 1.97. The molecule has 0 aromatic heterocycles. The molecule has 0 aliphatic rings. The zero-order chi connectivity index (χ0) is 10.9. The average molecular weight is 340 g/mol. The summed E-state index contributed by atoms with van der Waals surface area (Å²) >= 11 is 6.81. The van der Waals surface area contributed by atoms with Crippen molar-refractivity contribution in [3.8, 4) is 5.75 Å². The van der Waals surface area contributed by atoms with Crippen molar-refractivity contribution in [2.75, 3.05) is 0 Å². The van der Waals surface area contributed by atoms with Crippen LogP contribution in [0.15, 0.2) is 12.1 Å². The van der Waals surface area contributed by atoms with Crippen molar-refractivity contribution >= 4 is 34.2 Å². The minimum absolute atomic E-state index is 0.00169. The Balaban J connectivity index is 3.04. The second kappa shape index (κ2) is 4.09. The third kappa shape index (κ3) is 3.16. The summed E-state index contributed by atoms with van der Waals surface area (Å²) in [5.41, 5.74) is 0. The monoisotopic (exact) mass is 340 g/mol. The maximum Gasteiger partial charge on any atom is 0.573 e. The Morgan fingerprint density at radius 3 is 2.36 bits per heavy atom.